The highest BCUT2D eigenvalue weighted by atomic mass is 15.3. The molecule has 2 rings (SSSR count). The Morgan fingerprint density at radius 3 is 2.73 bits per heavy atom. The Balaban J connectivity index is 2.37. The Morgan fingerprint density at radius 2 is 2.13 bits per heavy atom. The zero-order valence-corrected chi connectivity index (χ0v) is 8.75. The molecule has 0 aliphatic heterocycles. The van der Waals surface area contributed by atoms with E-state index in [2.05, 4.69) is 28.9 Å². The average molecular weight is 203 g/mol. The molecule has 0 bridgehead atoms. The first-order valence-electron chi connectivity index (χ1n) is 4.80. The second-order valence-electron chi connectivity index (χ2n) is 3.64. The van der Waals surface area contributed by atoms with Crippen LogP contribution in [0.2, 0.25) is 0 Å². The molecule has 2 aromatic rings. The lowest BCUT2D eigenvalue weighted by Crippen LogP contribution is -2.02. The average Bonchev–Trinajstić information content (AvgIpc) is 2.66. The molecule has 0 atom stereocenters. The highest BCUT2D eigenvalue weighted by Gasteiger charge is 2.05. The van der Waals surface area contributed by atoms with E-state index in [1.54, 1.807) is 10.7 Å². The molecule has 0 aliphatic rings. The van der Waals surface area contributed by atoms with Gasteiger partial charge in [-0.05, 0) is 12.0 Å². The molecule has 5 heteroatoms. The van der Waals surface area contributed by atoms with Crippen LogP contribution in [0.25, 0.3) is 5.82 Å². The van der Waals surface area contributed by atoms with Crippen molar-refractivity contribution in [1.29, 1.82) is 0 Å². The Morgan fingerprint density at radius 1 is 1.33 bits per heavy atom. The van der Waals surface area contributed by atoms with E-state index in [0.717, 1.165) is 5.69 Å². The lowest BCUT2D eigenvalue weighted by atomic mass is 10.1. The lowest BCUT2D eigenvalue weighted by Gasteiger charge is -2.01. The molecule has 0 aromatic carbocycles. The number of nitrogens with zero attached hydrogens (tertiary/aromatic N) is 4. The van der Waals surface area contributed by atoms with Crippen molar-refractivity contribution in [3.05, 3.63) is 30.4 Å². The SMILES string of the molecule is CC(C)c1ccn(-c2cc(N)ncn2)n1. The maximum Gasteiger partial charge on any atom is 0.158 e. The van der Waals surface area contributed by atoms with E-state index in [0.29, 0.717) is 17.6 Å². The molecule has 5 nitrogen and oxygen atoms in total. The first-order valence-corrected chi connectivity index (χ1v) is 4.80. The maximum absolute atomic E-state index is 5.57. The summed E-state index contributed by atoms with van der Waals surface area (Å²) in [5.74, 6) is 1.54. The third-order valence-electron chi connectivity index (χ3n) is 2.11. The van der Waals surface area contributed by atoms with E-state index in [4.69, 9.17) is 5.73 Å². The van der Waals surface area contributed by atoms with Crippen molar-refractivity contribution in [3.8, 4) is 5.82 Å². The Hall–Kier alpha value is -1.91. The van der Waals surface area contributed by atoms with Crippen LogP contribution in [0.4, 0.5) is 5.82 Å². The number of nitrogen functional groups attached to an aromatic ring is 1. The molecule has 0 unspecified atom stereocenters. The van der Waals surface area contributed by atoms with Crippen LogP contribution in [0.3, 0.4) is 0 Å². The largest absolute Gasteiger partial charge is 0.384 e. The normalized spacial score (nSPS) is 10.9. The smallest absolute Gasteiger partial charge is 0.158 e. The zero-order chi connectivity index (χ0) is 10.8. The molecule has 0 amide bonds. The van der Waals surface area contributed by atoms with Crippen molar-refractivity contribution in [1.82, 2.24) is 19.7 Å². The van der Waals surface area contributed by atoms with Crippen LogP contribution in [0, 0.1) is 0 Å². The van der Waals surface area contributed by atoms with Gasteiger partial charge in [-0.1, -0.05) is 13.8 Å². The van der Waals surface area contributed by atoms with E-state index in [1.165, 1.54) is 6.33 Å². The lowest BCUT2D eigenvalue weighted by molar-refractivity contribution is 0.756. The molecule has 0 fully saturated rings. The number of aromatic nitrogens is 4. The minimum absolute atomic E-state index is 0.408. The topological polar surface area (TPSA) is 69.6 Å². The molecular weight excluding hydrogens is 190 g/mol. The van der Waals surface area contributed by atoms with Gasteiger partial charge in [-0.2, -0.15) is 5.10 Å². The first-order chi connectivity index (χ1) is 7.16. The fourth-order valence-electron chi connectivity index (χ4n) is 1.26. The number of hydrogen-bond donors (Lipinski definition) is 1. The Labute approximate surface area is 88.0 Å². The van der Waals surface area contributed by atoms with Gasteiger partial charge in [0.1, 0.15) is 12.1 Å². The van der Waals surface area contributed by atoms with E-state index < -0.39 is 0 Å². The van der Waals surface area contributed by atoms with Crippen molar-refractivity contribution in [2.75, 3.05) is 5.73 Å². The van der Waals surface area contributed by atoms with Gasteiger partial charge < -0.3 is 5.73 Å². The summed E-state index contributed by atoms with van der Waals surface area (Å²) < 4.78 is 1.70. The van der Waals surface area contributed by atoms with E-state index in [1.807, 2.05) is 12.3 Å². The third-order valence-corrected chi connectivity index (χ3v) is 2.11. The maximum atomic E-state index is 5.57. The zero-order valence-electron chi connectivity index (χ0n) is 8.75. The molecule has 2 N–H and O–H groups in total. The van der Waals surface area contributed by atoms with Crippen molar-refractivity contribution >= 4 is 5.82 Å². The second-order valence-corrected chi connectivity index (χ2v) is 3.64. The van der Waals surface area contributed by atoms with Gasteiger partial charge in [0.25, 0.3) is 0 Å². The monoisotopic (exact) mass is 203 g/mol. The molecule has 0 spiro atoms. The minimum atomic E-state index is 0.408. The van der Waals surface area contributed by atoms with Crippen LogP contribution in [0.5, 0.6) is 0 Å². The van der Waals surface area contributed by atoms with Crippen LogP contribution >= 0.6 is 0 Å². The minimum Gasteiger partial charge on any atom is -0.384 e. The van der Waals surface area contributed by atoms with Crippen LogP contribution in [-0.2, 0) is 0 Å². The quantitative estimate of drug-likeness (QED) is 0.800. The summed E-state index contributed by atoms with van der Waals surface area (Å²) >= 11 is 0. The van der Waals surface area contributed by atoms with Gasteiger partial charge in [0.15, 0.2) is 5.82 Å². The van der Waals surface area contributed by atoms with Crippen LogP contribution in [-0.4, -0.2) is 19.7 Å². The Bertz CT molecular complexity index is 460. The van der Waals surface area contributed by atoms with Gasteiger partial charge in [-0.15, -0.1) is 0 Å². The number of anilines is 1. The van der Waals surface area contributed by atoms with Crippen LogP contribution in [0.15, 0.2) is 24.7 Å². The number of hydrogen-bond acceptors (Lipinski definition) is 4. The van der Waals surface area contributed by atoms with Gasteiger partial charge in [0.05, 0.1) is 5.69 Å². The van der Waals surface area contributed by atoms with E-state index in [9.17, 15) is 0 Å². The molecule has 0 aliphatic carbocycles. The van der Waals surface area contributed by atoms with Crippen molar-refractivity contribution < 1.29 is 0 Å². The van der Waals surface area contributed by atoms with E-state index in [-0.39, 0.29) is 0 Å². The van der Waals surface area contributed by atoms with Gasteiger partial charge in [0, 0.05) is 12.3 Å². The predicted octanol–water partition coefficient (Wildman–Crippen LogP) is 1.37. The van der Waals surface area contributed by atoms with Crippen molar-refractivity contribution in [2.45, 2.75) is 19.8 Å². The summed E-state index contributed by atoms with van der Waals surface area (Å²) in [5.41, 5.74) is 6.60. The predicted molar refractivity (Wildman–Crippen MR) is 57.7 cm³/mol. The van der Waals surface area contributed by atoms with Crippen LogP contribution < -0.4 is 5.73 Å². The summed E-state index contributed by atoms with van der Waals surface area (Å²) in [4.78, 5) is 7.92. The van der Waals surface area contributed by atoms with Gasteiger partial charge in [-0.25, -0.2) is 14.6 Å². The molecule has 0 saturated carbocycles. The summed E-state index contributed by atoms with van der Waals surface area (Å²) in [5, 5.41) is 4.39. The standard InChI is InChI=1S/C10H13N5/c1-7(2)8-3-4-15(14-8)10-5-9(11)12-6-13-10/h3-7H,1-2H3,(H2,11,12,13). The fraction of sp³-hybridized carbons (Fsp3) is 0.300. The van der Waals surface area contributed by atoms with Gasteiger partial charge >= 0.3 is 0 Å². The Kier molecular flexibility index (Phi) is 2.37. The molecule has 78 valence electrons. The van der Waals surface area contributed by atoms with Gasteiger partial charge in [0.2, 0.25) is 0 Å². The summed E-state index contributed by atoms with van der Waals surface area (Å²) in [7, 11) is 0. The fourth-order valence-corrected chi connectivity index (χ4v) is 1.26. The molecule has 15 heavy (non-hydrogen) atoms. The highest BCUT2D eigenvalue weighted by Crippen LogP contribution is 2.13. The molecule has 2 heterocycles. The molecule has 2 aromatic heterocycles. The summed E-state index contributed by atoms with van der Waals surface area (Å²) in [6.45, 7) is 4.20. The summed E-state index contributed by atoms with van der Waals surface area (Å²) in [6, 6.07) is 3.67. The van der Waals surface area contributed by atoms with Crippen LogP contribution in [0.1, 0.15) is 25.5 Å². The number of rotatable bonds is 2. The molecule has 0 radical (unpaired) electrons. The second kappa shape index (κ2) is 3.68. The van der Waals surface area contributed by atoms with Crippen molar-refractivity contribution in [3.63, 3.8) is 0 Å². The van der Waals surface area contributed by atoms with Gasteiger partial charge in [-0.3, -0.25) is 0 Å². The first kappa shape index (κ1) is 9.64. The summed E-state index contributed by atoms with van der Waals surface area (Å²) in [6.07, 6.45) is 3.30. The van der Waals surface area contributed by atoms with E-state index >= 15 is 0 Å². The third kappa shape index (κ3) is 1.96. The highest BCUT2D eigenvalue weighted by molar-refractivity contribution is 5.35. The number of nitrogens with two attached hydrogens (primary N) is 1. The molecular formula is C10H13N5. The van der Waals surface area contributed by atoms with Crippen molar-refractivity contribution in [2.24, 2.45) is 0 Å². The molecule has 0 saturated heterocycles.